The van der Waals surface area contributed by atoms with Crippen molar-refractivity contribution in [3.05, 3.63) is 70.8 Å². The summed E-state index contributed by atoms with van der Waals surface area (Å²) in [6.45, 7) is 3.86. The summed E-state index contributed by atoms with van der Waals surface area (Å²) >= 11 is 0. The zero-order valence-corrected chi connectivity index (χ0v) is 18.4. The van der Waals surface area contributed by atoms with E-state index in [1.54, 1.807) is 0 Å². The molecule has 0 aromatic heterocycles. The van der Waals surface area contributed by atoms with Gasteiger partial charge >= 0.3 is 0 Å². The van der Waals surface area contributed by atoms with Gasteiger partial charge in [0.15, 0.2) is 6.29 Å². The van der Waals surface area contributed by atoms with E-state index in [4.69, 9.17) is 15.2 Å². The summed E-state index contributed by atoms with van der Waals surface area (Å²) in [7, 11) is 0. The van der Waals surface area contributed by atoms with Crippen LogP contribution in [0.4, 0.5) is 0 Å². The minimum Gasteiger partial charge on any atom is -0.392 e. The first-order valence-corrected chi connectivity index (χ1v) is 11.8. The third kappa shape index (κ3) is 6.15. The van der Waals surface area contributed by atoms with Gasteiger partial charge in [0.25, 0.3) is 0 Å². The molecular formula is C26H36N2O3. The molecule has 5 heteroatoms. The molecule has 0 bridgehead atoms. The molecule has 0 amide bonds. The smallest absolute Gasteiger partial charge is 0.184 e. The molecule has 168 valence electrons. The average molecular weight is 425 g/mol. The zero-order valence-electron chi connectivity index (χ0n) is 18.4. The Bertz CT molecular complexity index is 730. The molecule has 2 fully saturated rings. The van der Waals surface area contributed by atoms with Crippen LogP contribution in [-0.2, 0) is 22.6 Å². The molecule has 31 heavy (non-hydrogen) atoms. The van der Waals surface area contributed by atoms with Crippen molar-refractivity contribution >= 4 is 0 Å². The van der Waals surface area contributed by atoms with Crippen molar-refractivity contribution in [1.29, 1.82) is 0 Å². The van der Waals surface area contributed by atoms with E-state index in [1.165, 1.54) is 32.1 Å². The number of hydrogen-bond donors (Lipinski definition) is 2. The van der Waals surface area contributed by atoms with Crippen LogP contribution in [0.1, 0.15) is 73.2 Å². The SMILES string of the molecule is NCc1ccc(C2OC(CN3CCCCCCC3)CC(c3ccc(CO)cc3)O2)cc1. The lowest BCUT2D eigenvalue weighted by Crippen LogP contribution is -2.40. The molecular weight excluding hydrogens is 388 g/mol. The second kappa shape index (κ2) is 11.2. The minimum absolute atomic E-state index is 0.0274. The Morgan fingerprint density at radius 3 is 2.06 bits per heavy atom. The molecule has 2 aromatic carbocycles. The Kier molecular flexibility index (Phi) is 8.11. The van der Waals surface area contributed by atoms with Crippen molar-refractivity contribution in [3.63, 3.8) is 0 Å². The number of aliphatic hydroxyl groups excluding tert-OH is 1. The maximum atomic E-state index is 9.37. The van der Waals surface area contributed by atoms with Gasteiger partial charge in [-0.25, -0.2) is 0 Å². The topological polar surface area (TPSA) is 68.0 Å². The zero-order chi connectivity index (χ0) is 21.5. The van der Waals surface area contributed by atoms with Gasteiger partial charge in [-0.3, -0.25) is 0 Å². The Labute approximate surface area is 186 Å². The van der Waals surface area contributed by atoms with E-state index in [0.717, 1.165) is 48.3 Å². The van der Waals surface area contributed by atoms with Gasteiger partial charge in [-0.1, -0.05) is 67.8 Å². The van der Waals surface area contributed by atoms with Gasteiger partial charge in [-0.15, -0.1) is 0 Å². The molecule has 0 radical (unpaired) electrons. The molecule has 0 saturated carbocycles. The fraction of sp³-hybridized carbons (Fsp3) is 0.538. The summed E-state index contributed by atoms with van der Waals surface area (Å²) in [5, 5.41) is 9.37. The summed E-state index contributed by atoms with van der Waals surface area (Å²) in [5.41, 5.74) is 9.96. The molecule has 2 aliphatic heterocycles. The van der Waals surface area contributed by atoms with Crippen LogP contribution in [0.15, 0.2) is 48.5 Å². The van der Waals surface area contributed by atoms with E-state index in [-0.39, 0.29) is 25.1 Å². The fourth-order valence-corrected chi connectivity index (χ4v) is 4.63. The molecule has 3 N–H and O–H groups in total. The van der Waals surface area contributed by atoms with Gasteiger partial charge in [0.1, 0.15) is 0 Å². The van der Waals surface area contributed by atoms with Gasteiger partial charge in [-0.2, -0.15) is 0 Å². The van der Waals surface area contributed by atoms with Crippen LogP contribution in [0.2, 0.25) is 0 Å². The standard InChI is InChI=1S/C26H36N2O3/c27-17-20-6-12-23(13-7-20)26-30-24(18-28-14-4-2-1-3-5-15-28)16-25(31-26)22-10-8-21(19-29)9-11-22/h6-13,24-26,29H,1-5,14-19,27H2. The molecule has 4 rings (SSSR count). The highest BCUT2D eigenvalue weighted by Crippen LogP contribution is 2.38. The maximum Gasteiger partial charge on any atom is 0.184 e. The normalized spacial score (nSPS) is 25.7. The summed E-state index contributed by atoms with van der Waals surface area (Å²) in [6, 6.07) is 16.3. The molecule has 0 spiro atoms. The van der Waals surface area contributed by atoms with E-state index in [1.807, 2.05) is 12.1 Å². The summed E-state index contributed by atoms with van der Waals surface area (Å²) in [4.78, 5) is 2.58. The Morgan fingerprint density at radius 1 is 0.806 bits per heavy atom. The largest absolute Gasteiger partial charge is 0.392 e. The van der Waals surface area contributed by atoms with Crippen LogP contribution in [0.3, 0.4) is 0 Å². The molecule has 2 heterocycles. The van der Waals surface area contributed by atoms with Crippen molar-refractivity contribution in [2.45, 2.75) is 70.2 Å². The van der Waals surface area contributed by atoms with Crippen molar-refractivity contribution in [2.75, 3.05) is 19.6 Å². The maximum absolute atomic E-state index is 9.37. The minimum atomic E-state index is -0.386. The van der Waals surface area contributed by atoms with Crippen LogP contribution in [0, 0.1) is 0 Å². The van der Waals surface area contributed by atoms with E-state index >= 15 is 0 Å². The number of rotatable bonds is 6. The first-order valence-electron chi connectivity index (χ1n) is 11.8. The third-order valence-electron chi connectivity index (χ3n) is 6.51. The van der Waals surface area contributed by atoms with Crippen LogP contribution in [0.25, 0.3) is 0 Å². The van der Waals surface area contributed by atoms with Crippen LogP contribution in [0.5, 0.6) is 0 Å². The lowest BCUT2D eigenvalue weighted by Gasteiger charge is -2.38. The Balaban J connectivity index is 1.51. The summed E-state index contributed by atoms with van der Waals surface area (Å²) in [5.74, 6) is 0. The number of nitrogens with zero attached hydrogens (tertiary/aromatic N) is 1. The van der Waals surface area contributed by atoms with Crippen molar-refractivity contribution < 1.29 is 14.6 Å². The number of hydrogen-bond acceptors (Lipinski definition) is 5. The monoisotopic (exact) mass is 424 g/mol. The predicted molar refractivity (Wildman–Crippen MR) is 122 cm³/mol. The molecule has 3 unspecified atom stereocenters. The van der Waals surface area contributed by atoms with E-state index in [9.17, 15) is 5.11 Å². The number of nitrogens with two attached hydrogens (primary N) is 1. The van der Waals surface area contributed by atoms with Crippen LogP contribution in [-0.4, -0.2) is 35.7 Å². The van der Waals surface area contributed by atoms with Crippen molar-refractivity contribution in [3.8, 4) is 0 Å². The Hall–Kier alpha value is -1.76. The third-order valence-corrected chi connectivity index (χ3v) is 6.51. The summed E-state index contributed by atoms with van der Waals surface area (Å²) in [6.07, 6.45) is 7.14. The molecule has 2 aliphatic rings. The fourth-order valence-electron chi connectivity index (χ4n) is 4.63. The number of aliphatic hydroxyl groups is 1. The lowest BCUT2D eigenvalue weighted by atomic mass is 9.99. The van der Waals surface area contributed by atoms with Gasteiger partial charge in [0.2, 0.25) is 0 Å². The molecule has 5 nitrogen and oxygen atoms in total. The summed E-state index contributed by atoms with van der Waals surface area (Å²) < 4.78 is 12.9. The predicted octanol–water partition coefficient (Wildman–Crippen LogP) is 4.45. The number of benzene rings is 2. The lowest BCUT2D eigenvalue weighted by molar-refractivity contribution is -0.253. The highest BCUT2D eigenvalue weighted by atomic mass is 16.7. The van der Waals surface area contributed by atoms with Gasteiger partial charge in [0, 0.05) is 25.1 Å². The second-order valence-electron chi connectivity index (χ2n) is 8.86. The number of likely N-dealkylation sites (tertiary alicyclic amines) is 1. The van der Waals surface area contributed by atoms with Crippen LogP contribution >= 0.6 is 0 Å². The number of ether oxygens (including phenoxy) is 2. The average Bonchev–Trinajstić information content (AvgIpc) is 2.80. The highest BCUT2D eigenvalue weighted by molar-refractivity contribution is 5.26. The highest BCUT2D eigenvalue weighted by Gasteiger charge is 2.33. The van der Waals surface area contributed by atoms with E-state index in [2.05, 4.69) is 41.3 Å². The Morgan fingerprint density at radius 2 is 1.42 bits per heavy atom. The van der Waals surface area contributed by atoms with Crippen molar-refractivity contribution in [1.82, 2.24) is 4.90 Å². The quantitative estimate of drug-likeness (QED) is 0.717. The van der Waals surface area contributed by atoms with E-state index < -0.39 is 0 Å². The van der Waals surface area contributed by atoms with E-state index in [0.29, 0.717) is 6.54 Å². The molecule has 2 saturated heterocycles. The molecule has 2 aromatic rings. The second-order valence-corrected chi connectivity index (χ2v) is 8.86. The molecule has 3 atom stereocenters. The first-order chi connectivity index (χ1) is 15.2. The van der Waals surface area contributed by atoms with Gasteiger partial charge in [0.05, 0.1) is 18.8 Å². The molecule has 0 aliphatic carbocycles. The van der Waals surface area contributed by atoms with Crippen LogP contribution < -0.4 is 5.73 Å². The van der Waals surface area contributed by atoms with Crippen molar-refractivity contribution in [2.24, 2.45) is 5.73 Å². The van der Waals surface area contributed by atoms with Gasteiger partial charge < -0.3 is 25.2 Å². The first kappa shape index (κ1) is 22.4. The van der Waals surface area contributed by atoms with Gasteiger partial charge in [-0.05, 0) is 42.6 Å².